The van der Waals surface area contributed by atoms with Gasteiger partial charge in [-0.15, -0.1) is 0 Å². The Labute approximate surface area is 226 Å². The quantitative estimate of drug-likeness (QED) is 0.152. The summed E-state index contributed by atoms with van der Waals surface area (Å²) in [4.78, 5) is 51.4. The summed E-state index contributed by atoms with van der Waals surface area (Å²) < 4.78 is 11.4. The first-order valence-corrected chi connectivity index (χ1v) is 12.4. The normalized spacial score (nSPS) is 13.1. The number of hydrogen-bond acceptors (Lipinski definition) is 7. The van der Waals surface area contributed by atoms with E-state index in [1.807, 2.05) is 0 Å². The van der Waals surface area contributed by atoms with Crippen LogP contribution < -0.4 is 15.5 Å². The van der Waals surface area contributed by atoms with Gasteiger partial charge in [-0.2, -0.15) is 5.10 Å². The van der Waals surface area contributed by atoms with Gasteiger partial charge in [0.25, 0.3) is 5.91 Å². The molecule has 11 heteroatoms. The van der Waals surface area contributed by atoms with Crippen LogP contribution in [0.25, 0.3) is 0 Å². The van der Waals surface area contributed by atoms with E-state index in [2.05, 4.69) is 31.8 Å². The number of rotatable bonds is 6. The summed E-state index contributed by atoms with van der Waals surface area (Å²) in [7, 11) is 0. The van der Waals surface area contributed by atoms with Gasteiger partial charge in [-0.1, -0.05) is 34.1 Å². The van der Waals surface area contributed by atoms with Crippen molar-refractivity contribution in [2.45, 2.75) is 0 Å². The Morgan fingerprint density at radius 1 is 0.921 bits per heavy atom. The molecule has 1 aliphatic rings. The molecule has 0 saturated carbocycles. The van der Waals surface area contributed by atoms with Gasteiger partial charge in [0.05, 0.1) is 36.2 Å². The average molecular weight is 579 g/mol. The smallest absolute Gasteiger partial charge is 0.343 e. The van der Waals surface area contributed by atoms with E-state index < -0.39 is 17.8 Å². The second-order valence-corrected chi connectivity index (χ2v) is 8.99. The van der Waals surface area contributed by atoms with Gasteiger partial charge in [0.15, 0.2) is 0 Å². The highest BCUT2D eigenvalue weighted by atomic mass is 79.9. The summed E-state index contributed by atoms with van der Waals surface area (Å²) in [6.45, 7) is 1.79. The Balaban J connectivity index is 1.30. The van der Waals surface area contributed by atoms with Crippen LogP contribution in [0.4, 0.5) is 5.69 Å². The van der Waals surface area contributed by atoms with Crippen LogP contribution in [-0.2, 0) is 14.3 Å². The molecule has 0 atom stereocenters. The molecule has 0 aliphatic carbocycles. The molecule has 4 rings (SSSR count). The molecule has 2 N–H and O–H groups in total. The molecule has 38 heavy (non-hydrogen) atoms. The molecule has 0 radical (unpaired) electrons. The maximum absolute atomic E-state index is 12.8. The van der Waals surface area contributed by atoms with Crippen LogP contribution in [0.1, 0.15) is 26.3 Å². The topological polar surface area (TPSA) is 126 Å². The van der Waals surface area contributed by atoms with Crippen molar-refractivity contribution in [3.8, 4) is 5.75 Å². The van der Waals surface area contributed by atoms with Gasteiger partial charge in [0.1, 0.15) is 5.75 Å². The molecule has 3 aromatic carbocycles. The molecule has 10 nitrogen and oxygen atoms in total. The fourth-order valence-electron chi connectivity index (χ4n) is 3.51. The van der Waals surface area contributed by atoms with Crippen molar-refractivity contribution in [3.05, 3.63) is 94.0 Å². The summed E-state index contributed by atoms with van der Waals surface area (Å²) in [5.74, 6) is -2.40. The number of halogens is 1. The molecule has 3 aromatic rings. The number of carbonyl (C=O) groups excluding carboxylic acids is 4. The van der Waals surface area contributed by atoms with Gasteiger partial charge in [-0.05, 0) is 60.2 Å². The lowest BCUT2D eigenvalue weighted by molar-refractivity contribution is -0.136. The Kier molecular flexibility index (Phi) is 8.96. The Morgan fingerprint density at radius 3 is 2.39 bits per heavy atom. The number of morpholine rings is 1. The monoisotopic (exact) mass is 578 g/mol. The van der Waals surface area contributed by atoms with Crippen LogP contribution in [0.5, 0.6) is 5.75 Å². The van der Waals surface area contributed by atoms with E-state index in [1.54, 1.807) is 77.7 Å². The van der Waals surface area contributed by atoms with Crippen molar-refractivity contribution >= 4 is 51.5 Å². The molecule has 0 unspecified atom stereocenters. The van der Waals surface area contributed by atoms with Crippen LogP contribution in [0.3, 0.4) is 0 Å². The maximum Gasteiger partial charge on any atom is 0.343 e. The lowest BCUT2D eigenvalue weighted by Crippen LogP contribution is -2.41. The third-order valence-electron chi connectivity index (χ3n) is 5.44. The third kappa shape index (κ3) is 7.11. The number of hydrogen-bond donors (Lipinski definition) is 2. The van der Waals surface area contributed by atoms with E-state index in [1.165, 1.54) is 6.21 Å². The Morgan fingerprint density at radius 2 is 1.66 bits per heavy atom. The Hall–Kier alpha value is -4.35. The number of carbonyl (C=O) groups is 4. The highest BCUT2D eigenvalue weighted by molar-refractivity contribution is 9.10. The third-order valence-corrected chi connectivity index (χ3v) is 5.93. The zero-order valence-corrected chi connectivity index (χ0v) is 21.6. The predicted molar refractivity (Wildman–Crippen MR) is 143 cm³/mol. The minimum atomic E-state index is -1.01. The number of ether oxygens (including phenoxy) is 2. The summed E-state index contributed by atoms with van der Waals surface area (Å²) in [5, 5.41) is 6.26. The second-order valence-electron chi connectivity index (χ2n) is 8.07. The van der Waals surface area contributed by atoms with Crippen LogP contribution in [0.2, 0.25) is 0 Å². The first-order valence-electron chi connectivity index (χ1n) is 11.6. The average Bonchev–Trinajstić information content (AvgIpc) is 2.94. The predicted octanol–water partition coefficient (Wildman–Crippen LogP) is 3.23. The molecule has 0 aromatic heterocycles. The summed E-state index contributed by atoms with van der Waals surface area (Å²) >= 11 is 3.31. The largest absolute Gasteiger partial charge is 0.423 e. The number of amides is 3. The number of benzene rings is 3. The van der Waals surface area contributed by atoms with Crippen molar-refractivity contribution in [2.75, 3.05) is 31.6 Å². The maximum atomic E-state index is 12.8. The molecule has 1 heterocycles. The van der Waals surface area contributed by atoms with Crippen molar-refractivity contribution < 1.29 is 28.7 Å². The van der Waals surface area contributed by atoms with Gasteiger partial charge < -0.3 is 19.7 Å². The van der Waals surface area contributed by atoms with E-state index in [-0.39, 0.29) is 17.2 Å². The van der Waals surface area contributed by atoms with Gasteiger partial charge in [-0.25, -0.2) is 10.2 Å². The lowest BCUT2D eigenvalue weighted by Gasteiger charge is -2.27. The number of anilines is 1. The van der Waals surface area contributed by atoms with Crippen molar-refractivity contribution in [1.29, 1.82) is 0 Å². The zero-order valence-electron chi connectivity index (χ0n) is 20.1. The standard InChI is InChI=1S/C27H23BrN4O6/c28-20-5-3-4-19(16-20)27(36)38-21-10-8-18(9-11-21)17-29-31-25(34)24(33)30-23-7-2-1-6-22(23)26(35)32-12-14-37-15-13-32/h1-11,16-17H,12-15H2,(H,30,33)(H,31,34). The van der Waals surface area contributed by atoms with E-state index >= 15 is 0 Å². The Bertz CT molecular complexity index is 1370. The van der Waals surface area contributed by atoms with Crippen molar-refractivity contribution in [2.24, 2.45) is 5.10 Å². The number of para-hydroxylation sites is 1. The molecular weight excluding hydrogens is 556 g/mol. The zero-order chi connectivity index (χ0) is 26.9. The van der Waals surface area contributed by atoms with Gasteiger partial charge in [0.2, 0.25) is 0 Å². The van der Waals surface area contributed by atoms with Crippen LogP contribution in [-0.4, -0.2) is 61.1 Å². The van der Waals surface area contributed by atoms with Crippen LogP contribution >= 0.6 is 15.9 Å². The molecular formula is C27H23BrN4O6. The van der Waals surface area contributed by atoms with E-state index in [0.29, 0.717) is 43.2 Å². The van der Waals surface area contributed by atoms with E-state index in [4.69, 9.17) is 9.47 Å². The fourth-order valence-corrected chi connectivity index (χ4v) is 3.91. The molecule has 1 fully saturated rings. The molecule has 3 amide bonds. The highest BCUT2D eigenvalue weighted by Gasteiger charge is 2.23. The molecule has 1 aliphatic heterocycles. The summed E-state index contributed by atoms with van der Waals surface area (Å²) in [6.07, 6.45) is 1.33. The van der Waals surface area contributed by atoms with Crippen molar-refractivity contribution in [3.63, 3.8) is 0 Å². The van der Waals surface area contributed by atoms with Crippen LogP contribution in [0, 0.1) is 0 Å². The SMILES string of the molecule is O=C(NN=Cc1ccc(OC(=O)c2cccc(Br)c2)cc1)C(=O)Nc1ccccc1C(=O)N1CCOCC1. The van der Waals surface area contributed by atoms with E-state index in [9.17, 15) is 19.2 Å². The number of nitrogens with one attached hydrogen (secondary N) is 2. The lowest BCUT2D eigenvalue weighted by atomic mass is 10.1. The van der Waals surface area contributed by atoms with Gasteiger partial charge in [0, 0.05) is 17.6 Å². The number of esters is 1. The second kappa shape index (κ2) is 12.7. The minimum Gasteiger partial charge on any atom is -0.423 e. The fraction of sp³-hybridized carbons (Fsp3) is 0.148. The highest BCUT2D eigenvalue weighted by Crippen LogP contribution is 2.19. The van der Waals surface area contributed by atoms with E-state index in [0.717, 1.165) is 4.47 Å². The summed E-state index contributed by atoms with van der Waals surface area (Å²) in [5.41, 5.74) is 3.65. The molecule has 1 saturated heterocycles. The van der Waals surface area contributed by atoms with Gasteiger partial charge >= 0.3 is 17.8 Å². The van der Waals surface area contributed by atoms with Gasteiger partial charge in [-0.3, -0.25) is 14.4 Å². The number of hydrazone groups is 1. The van der Waals surface area contributed by atoms with Crippen molar-refractivity contribution in [1.82, 2.24) is 10.3 Å². The summed E-state index contributed by atoms with van der Waals surface area (Å²) in [6, 6.07) is 19.7. The molecule has 0 bridgehead atoms. The number of nitrogens with zero attached hydrogens (tertiary/aromatic N) is 2. The molecule has 194 valence electrons. The first-order chi connectivity index (χ1) is 18.4. The first kappa shape index (κ1) is 26.7. The molecule has 0 spiro atoms. The minimum absolute atomic E-state index is 0.223. The van der Waals surface area contributed by atoms with Crippen LogP contribution in [0.15, 0.2) is 82.4 Å².